The summed E-state index contributed by atoms with van der Waals surface area (Å²) in [5, 5.41) is 9.23. The number of aliphatic hydroxyl groups excluding tert-OH is 1. The molecule has 1 amide bonds. The van der Waals surface area contributed by atoms with Crippen LogP contribution in [0.25, 0.3) is 0 Å². The molecule has 0 spiro atoms. The topological polar surface area (TPSA) is 56.7 Å². The standard InChI is InChI=1S/C13H19N3O2/c1-15(2)12-6-5-10(8-14-12)13(18)16-7-3-4-11(16)9-17/h5-6,8,11,17H,3-4,7,9H2,1-2H3/t11-/m1/s1. The van der Waals surface area contributed by atoms with Crippen molar-refractivity contribution in [1.82, 2.24) is 9.88 Å². The van der Waals surface area contributed by atoms with Crippen LogP contribution in [0.1, 0.15) is 23.2 Å². The molecule has 0 bridgehead atoms. The predicted molar refractivity (Wildman–Crippen MR) is 69.7 cm³/mol. The monoisotopic (exact) mass is 249 g/mol. The number of hydrogen-bond donors (Lipinski definition) is 1. The lowest BCUT2D eigenvalue weighted by atomic mass is 10.2. The highest BCUT2D eigenvalue weighted by Crippen LogP contribution is 2.20. The van der Waals surface area contributed by atoms with E-state index in [4.69, 9.17) is 0 Å². The molecule has 1 fully saturated rings. The van der Waals surface area contributed by atoms with Gasteiger partial charge in [0.05, 0.1) is 18.2 Å². The molecule has 0 saturated carbocycles. The Kier molecular flexibility index (Phi) is 3.81. The molecule has 1 aromatic heterocycles. The number of amides is 1. The van der Waals surface area contributed by atoms with Crippen molar-refractivity contribution >= 4 is 11.7 Å². The molecule has 0 radical (unpaired) electrons. The second-order valence-corrected chi connectivity index (χ2v) is 4.78. The van der Waals surface area contributed by atoms with Gasteiger partial charge in [-0.1, -0.05) is 0 Å². The number of carbonyl (C=O) groups is 1. The molecule has 1 aliphatic rings. The number of likely N-dealkylation sites (tertiary alicyclic amines) is 1. The fourth-order valence-corrected chi connectivity index (χ4v) is 2.24. The van der Waals surface area contributed by atoms with E-state index in [1.165, 1.54) is 0 Å². The first-order valence-electron chi connectivity index (χ1n) is 6.18. The summed E-state index contributed by atoms with van der Waals surface area (Å²) in [7, 11) is 3.82. The molecule has 1 aromatic rings. The van der Waals surface area contributed by atoms with E-state index in [0.717, 1.165) is 25.2 Å². The van der Waals surface area contributed by atoms with Crippen LogP contribution in [0.15, 0.2) is 18.3 Å². The van der Waals surface area contributed by atoms with E-state index in [1.54, 1.807) is 17.2 Å². The third kappa shape index (κ3) is 2.46. The molecule has 0 unspecified atom stereocenters. The molecule has 98 valence electrons. The first kappa shape index (κ1) is 12.8. The molecule has 1 saturated heterocycles. The fraction of sp³-hybridized carbons (Fsp3) is 0.538. The molecule has 2 rings (SSSR count). The maximum absolute atomic E-state index is 12.3. The number of hydrogen-bond acceptors (Lipinski definition) is 4. The zero-order valence-corrected chi connectivity index (χ0v) is 10.8. The summed E-state index contributed by atoms with van der Waals surface area (Å²) in [6.07, 6.45) is 3.44. The van der Waals surface area contributed by atoms with Gasteiger partial charge >= 0.3 is 0 Å². The molecule has 0 aromatic carbocycles. The van der Waals surface area contributed by atoms with Crippen molar-refractivity contribution in [3.63, 3.8) is 0 Å². The third-order valence-corrected chi connectivity index (χ3v) is 3.30. The van der Waals surface area contributed by atoms with Crippen LogP contribution >= 0.6 is 0 Å². The van der Waals surface area contributed by atoms with Crippen molar-refractivity contribution in [2.45, 2.75) is 18.9 Å². The summed E-state index contributed by atoms with van der Waals surface area (Å²) in [4.78, 5) is 20.1. The number of aliphatic hydroxyl groups is 1. The summed E-state index contributed by atoms with van der Waals surface area (Å²) in [6, 6.07) is 3.58. The van der Waals surface area contributed by atoms with Crippen LogP contribution in [0.5, 0.6) is 0 Å². The van der Waals surface area contributed by atoms with Crippen LogP contribution < -0.4 is 4.90 Å². The Morgan fingerprint density at radius 1 is 1.56 bits per heavy atom. The zero-order valence-electron chi connectivity index (χ0n) is 10.8. The van der Waals surface area contributed by atoms with Crippen LogP contribution in [0.2, 0.25) is 0 Å². The van der Waals surface area contributed by atoms with Gasteiger partial charge in [0.2, 0.25) is 0 Å². The second kappa shape index (κ2) is 5.35. The van der Waals surface area contributed by atoms with E-state index in [9.17, 15) is 9.90 Å². The Morgan fingerprint density at radius 2 is 2.33 bits per heavy atom. The summed E-state index contributed by atoms with van der Waals surface area (Å²) in [5.74, 6) is 0.788. The van der Waals surface area contributed by atoms with Crippen molar-refractivity contribution in [1.29, 1.82) is 0 Å². The van der Waals surface area contributed by atoms with Crippen LogP contribution in [0.4, 0.5) is 5.82 Å². The van der Waals surface area contributed by atoms with Gasteiger partial charge in [-0.2, -0.15) is 0 Å². The average molecular weight is 249 g/mol. The van der Waals surface area contributed by atoms with E-state index in [2.05, 4.69) is 4.98 Å². The summed E-state index contributed by atoms with van der Waals surface area (Å²) >= 11 is 0. The minimum Gasteiger partial charge on any atom is -0.394 e. The molecule has 1 N–H and O–H groups in total. The number of carbonyl (C=O) groups excluding carboxylic acids is 1. The van der Waals surface area contributed by atoms with E-state index in [1.807, 2.05) is 25.1 Å². The number of anilines is 1. The molecular formula is C13H19N3O2. The van der Waals surface area contributed by atoms with Gasteiger partial charge in [0.25, 0.3) is 5.91 Å². The highest BCUT2D eigenvalue weighted by atomic mass is 16.3. The Morgan fingerprint density at radius 3 is 2.89 bits per heavy atom. The third-order valence-electron chi connectivity index (χ3n) is 3.30. The molecule has 1 atom stereocenters. The Balaban J connectivity index is 2.13. The van der Waals surface area contributed by atoms with E-state index >= 15 is 0 Å². The van der Waals surface area contributed by atoms with Gasteiger partial charge in [0, 0.05) is 26.8 Å². The van der Waals surface area contributed by atoms with Crippen LogP contribution in [0, 0.1) is 0 Å². The second-order valence-electron chi connectivity index (χ2n) is 4.78. The number of pyridine rings is 1. The van der Waals surface area contributed by atoms with Gasteiger partial charge in [-0.3, -0.25) is 4.79 Å². The minimum atomic E-state index is -0.0376. The van der Waals surface area contributed by atoms with Crippen molar-refractivity contribution in [3.8, 4) is 0 Å². The van der Waals surface area contributed by atoms with Crippen molar-refractivity contribution < 1.29 is 9.90 Å². The molecular weight excluding hydrogens is 230 g/mol. The van der Waals surface area contributed by atoms with E-state index in [0.29, 0.717) is 5.56 Å². The summed E-state index contributed by atoms with van der Waals surface area (Å²) in [5.41, 5.74) is 0.584. The lowest BCUT2D eigenvalue weighted by Gasteiger charge is -2.23. The number of nitrogens with zero attached hydrogens (tertiary/aromatic N) is 3. The average Bonchev–Trinajstić information content (AvgIpc) is 2.86. The van der Waals surface area contributed by atoms with Crippen LogP contribution in [-0.2, 0) is 0 Å². The van der Waals surface area contributed by atoms with E-state index < -0.39 is 0 Å². The Labute approximate surface area is 107 Å². The molecule has 5 nitrogen and oxygen atoms in total. The van der Waals surface area contributed by atoms with Crippen LogP contribution in [-0.4, -0.2) is 54.2 Å². The molecule has 2 heterocycles. The van der Waals surface area contributed by atoms with Gasteiger partial charge in [-0.25, -0.2) is 4.98 Å². The van der Waals surface area contributed by atoms with Gasteiger partial charge in [0.15, 0.2) is 0 Å². The predicted octanol–water partition coefficient (Wildman–Crippen LogP) is 0.744. The summed E-state index contributed by atoms with van der Waals surface area (Å²) in [6.45, 7) is 0.758. The van der Waals surface area contributed by atoms with Crippen LogP contribution in [0.3, 0.4) is 0 Å². The SMILES string of the molecule is CN(C)c1ccc(C(=O)N2CCC[C@@H]2CO)cn1. The van der Waals surface area contributed by atoms with Crippen molar-refractivity contribution in [3.05, 3.63) is 23.9 Å². The lowest BCUT2D eigenvalue weighted by molar-refractivity contribution is 0.0677. The molecule has 18 heavy (non-hydrogen) atoms. The highest BCUT2D eigenvalue weighted by Gasteiger charge is 2.28. The normalized spacial score (nSPS) is 19.1. The Hall–Kier alpha value is -1.62. The smallest absolute Gasteiger partial charge is 0.255 e. The van der Waals surface area contributed by atoms with Gasteiger partial charge < -0.3 is 14.9 Å². The molecule has 0 aliphatic carbocycles. The fourth-order valence-electron chi connectivity index (χ4n) is 2.24. The molecule has 1 aliphatic heterocycles. The van der Waals surface area contributed by atoms with Crippen molar-refractivity contribution in [2.24, 2.45) is 0 Å². The highest BCUT2D eigenvalue weighted by molar-refractivity contribution is 5.94. The first-order chi connectivity index (χ1) is 8.63. The van der Waals surface area contributed by atoms with E-state index in [-0.39, 0.29) is 18.6 Å². The number of rotatable bonds is 3. The zero-order chi connectivity index (χ0) is 13.1. The van der Waals surface area contributed by atoms with Gasteiger partial charge in [-0.15, -0.1) is 0 Å². The number of aromatic nitrogens is 1. The maximum Gasteiger partial charge on any atom is 0.255 e. The summed E-state index contributed by atoms with van der Waals surface area (Å²) < 4.78 is 0. The van der Waals surface area contributed by atoms with Gasteiger partial charge in [-0.05, 0) is 25.0 Å². The lowest BCUT2D eigenvalue weighted by Crippen LogP contribution is -2.37. The largest absolute Gasteiger partial charge is 0.394 e. The minimum absolute atomic E-state index is 0.0361. The maximum atomic E-state index is 12.3. The van der Waals surface area contributed by atoms with Gasteiger partial charge in [0.1, 0.15) is 5.82 Å². The first-order valence-corrected chi connectivity index (χ1v) is 6.18. The molecule has 5 heteroatoms. The Bertz CT molecular complexity index is 417. The quantitative estimate of drug-likeness (QED) is 0.858. The van der Waals surface area contributed by atoms with Crippen molar-refractivity contribution in [2.75, 3.05) is 32.1 Å².